The van der Waals surface area contributed by atoms with Crippen molar-refractivity contribution in [3.8, 4) is 22.9 Å². The van der Waals surface area contributed by atoms with Gasteiger partial charge in [0.2, 0.25) is 17.7 Å². The summed E-state index contributed by atoms with van der Waals surface area (Å²) < 4.78 is 17.4. The van der Waals surface area contributed by atoms with E-state index in [0.29, 0.717) is 30.4 Å². The molecule has 0 spiro atoms. The van der Waals surface area contributed by atoms with Gasteiger partial charge in [0.05, 0.1) is 24.9 Å². The second kappa shape index (κ2) is 9.60. The fourth-order valence-electron chi connectivity index (χ4n) is 3.93. The first-order valence-electron chi connectivity index (χ1n) is 11.1. The molecule has 2 aromatic heterocycles. The predicted octanol–water partition coefficient (Wildman–Crippen LogP) is 4.48. The highest BCUT2D eigenvalue weighted by molar-refractivity contribution is 5.68. The summed E-state index contributed by atoms with van der Waals surface area (Å²) in [6.07, 6.45) is 9.37. The van der Waals surface area contributed by atoms with Crippen LogP contribution in [-0.2, 0) is 4.74 Å². The lowest BCUT2D eigenvalue weighted by Gasteiger charge is -2.27. The molecule has 1 saturated carbocycles. The summed E-state index contributed by atoms with van der Waals surface area (Å²) in [7, 11) is 0. The Morgan fingerprint density at radius 1 is 1.07 bits per heavy atom. The summed E-state index contributed by atoms with van der Waals surface area (Å²) in [5.41, 5.74) is 1.73. The van der Waals surface area contributed by atoms with Crippen molar-refractivity contribution in [2.75, 3.05) is 18.5 Å². The van der Waals surface area contributed by atoms with Crippen molar-refractivity contribution >= 4 is 5.95 Å². The molecule has 0 unspecified atom stereocenters. The zero-order valence-corrected chi connectivity index (χ0v) is 18.1. The highest BCUT2D eigenvalue weighted by Gasteiger charge is 2.23. The fraction of sp³-hybridized carbons (Fsp3) is 0.609. The Balaban J connectivity index is 1.55. The first kappa shape index (κ1) is 20.8. The largest absolute Gasteiger partial charge is 0.475 e. The van der Waals surface area contributed by atoms with Crippen LogP contribution in [0.5, 0.6) is 11.8 Å². The molecule has 30 heavy (non-hydrogen) atoms. The molecule has 1 atom stereocenters. The van der Waals surface area contributed by atoms with Crippen molar-refractivity contribution < 1.29 is 14.2 Å². The first-order chi connectivity index (χ1) is 14.6. The van der Waals surface area contributed by atoms with Crippen LogP contribution in [0, 0.1) is 5.92 Å². The molecular weight excluding hydrogens is 380 g/mol. The molecule has 3 heterocycles. The fourth-order valence-corrected chi connectivity index (χ4v) is 3.93. The van der Waals surface area contributed by atoms with Gasteiger partial charge in [-0.2, -0.15) is 4.98 Å². The second-order valence-electron chi connectivity index (χ2n) is 8.67. The third-order valence-corrected chi connectivity index (χ3v) is 5.67. The van der Waals surface area contributed by atoms with E-state index in [-0.39, 0.29) is 12.2 Å². The number of hydrogen-bond acceptors (Lipinski definition) is 7. The third kappa shape index (κ3) is 5.39. The molecule has 1 saturated heterocycles. The van der Waals surface area contributed by atoms with Gasteiger partial charge in [0.15, 0.2) is 0 Å². The topological polar surface area (TPSA) is 78.4 Å². The number of hydrogen-bond donors (Lipinski definition) is 1. The predicted molar refractivity (Wildman–Crippen MR) is 116 cm³/mol. The van der Waals surface area contributed by atoms with Gasteiger partial charge in [0, 0.05) is 36.5 Å². The van der Waals surface area contributed by atoms with Crippen LogP contribution in [0.4, 0.5) is 5.95 Å². The lowest BCUT2D eigenvalue weighted by atomic mass is 9.87. The van der Waals surface area contributed by atoms with E-state index in [4.69, 9.17) is 19.2 Å². The molecule has 1 N–H and O–H groups in total. The van der Waals surface area contributed by atoms with Crippen LogP contribution in [0.1, 0.15) is 52.9 Å². The van der Waals surface area contributed by atoms with Gasteiger partial charge in [-0.05, 0) is 51.5 Å². The lowest BCUT2D eigenvalue weighted by Crippen LogP contribution is -2.26. The highest BCUT2D eigenvalue weighted by Crippen LogP contribution is 2.32. The van der Waals surface area contributed by atoms with Gasteiger partial charge >= 0.3 is 0 Å². The van der Waals surface area contributed by atoms with Crippen molar-refractivity contribution in [2.24, 2.45) is 5.92 Å². The van der Waals surface area contributed by atoms with Gasteiger partial charge in [-0.1, -0.05) is 6.92 Å². The maximum Gasteiger partial charge on any atom is 0.226 e. The van der Waals surface area contributed by atoms with Crippen LogP contribution >= 0.6 is 0 Å². The maximum atomic E-state index is 6.23. The van der Waals surface area contributed by atoms with Gasteiger partial charge in [-0.15, -0.1) is 0 Å². The van der Waals surface area contributed by atoms with Gasteiger partial charge in [0.25, 0.3) is 0 Å². The Bertz CT molecular complexity index is 814. The number of nitrogens with zero attached hydrogens (tertiary/aromatic N) is 3. The minimum Gasteiger partial charge on any atom is -0.475 e. The number of anilines is 1. The zero-order valence-electron chi connectivity index (χ0n) is 18.1. The molecule has 0 aromatic carbocycles. The molecule has 7 heteroatoms. The molecule has 2 fully saturated rings. The monoisotopic (exact) mass is 412 g/mol. The minimum absolute atomic E-state index is 0.0125. The van der Waals surface area contributed by atoms with Crippen LogP contribution in [0.2, 0.25) is 0 Å². The number of pyridine rings is 1. The van der Waals surface area contributed by atoms with Crippen LogP contribution in [0.15, 0.2) is 24.5 Å². The quantitative estimate of drug-likeness (QED) is 0.718. The van der Waals surface area contributed by atoms with Crippen molar-refractivity contribution in [3.63, 3.8) is 0 Å². The average molecular weight is 413 g/mol. The van der Waals surface area contributed by atoms with Crippen LogP contribution in [0.25, 0.3) is 11.1 Å². The summed E-state index contributed by atoms with van der Waals surface area (Å²) in [5.74, 6) is 2.61. The Kier molecular flexibility index (Phi) is 6.67. The van der Waals surface area contributed by atoms with Crippen molar-refractivity contribution in [2.45, 2.75) is 71.1 Å². The molecule has 1 aliphatic carbocycles. The molecule has 2 aromatic rings. The molecule has 4 rings (SSSR count). The van der Waals surface area contributed by atoms with Crippen molar-refractivity contribution in [1.82, 2.24) is 15.0 Å². The van der Waals surface area contributed by atoms with Gasteiger partial charge < -0.3 is 19.5 Å². The Labute approximate surface area is 178 Å². The molecule has 7 nitrogen and oxygen atoms in total. The summed E-state index contributed by atoms with van der Waals surface area (Å²) in [4.78, 5) is 13.7. The van der Waals surface area contributed by atoms with Crippen molar-refractivity contribution in [1.29, 1.82) is 0 Å². The Morgan fingerprint density at radius 3 is 2.57 bits per heavy atom. The number of rotatable bonds is 7. The number of aromatic nitrogens is 3. The normalized spacial score (nSPS) is 24.1. The zero-order chi connectivity index (χ0) is 20.9. The maximum absolute atomic E-state index is 6.23. The standard InChI is InChI=1S/C23H32N4O3/c1-15(2)29-21-9-6-17(12-24-21)20-13-25-23(26-18-7-4-16(3)5-8-18)27-22(20)30-19-10-11-28-14-19/h6,9,12-13,15-16,18-19H,4-5,7-8,10-11,14H2,1-3H3,(H,25,26,27)/t16-,18-,19-/m0/s1. The summed E-state index contributed by atoms with van der Waals surface area (Å²) >= 11 is 0. The van der Waals surface area contributed by atoms with Crippen molar-refractivity contribution in [3.05, 3.63) is 24.5 Å². The Morgan fingerprint density at radius 2 is 1.90 bits per heavy atom. The molecule has 0 bridgehead atoms. The van der Waals surface area contributed by atoms with E-state index in [0.717, 1.165) is 42.9 Å². The van der Waals surface area contributed by atoms with E-state index in [2.05, 4.69) is 22.2 Å². The van der Waals surface area contributed by atoms with E-state index >= 15 is 0 Å². The van der Waals surface area contributed by atoms with E-state index in [1.165, 1.54) is 12.8 Å². The van der Waals surface area contributed by atoms with Crippen LogP contribution < -0.4 is 14.8 Å². The first-order valence-corrected chi connectivity index (χ1v) is 11.1. The number of nitrogens with one attached hydrogen (secondary N) is 1. The van der Waals surface area contributed by atoms with E-state index < -0.39 is 0 Å². The summed E-state index contributed by atoms with van der Waals surface area (Å²) in [5, 5.41) is 3.51. The average Bonchev–Trinajstić information content (AvgIpc) is 3.23. The van der Waals surface area contributed by atoms with Gasteiger partial charge in [-0.3, -0.25) is 0 Å². The lowest BCUT2D eigenvalue weighted by molar-refractivity contribution is 0.138. The highest BCUT2D eigenvalue weighted by atomic mass is 16.5. The molecule has 1 aliphatic heterocycles. The van der Waals surface area contributed by atoms with Gasteiger partial charge in [0.1, 0.15) is 6.10 Å². The SMILES string of the molecule is CC(C)Oc1ccc(-c2cnc(N[C@H]3CC[C@H](C)CC3)nc2O[C@H]2CCOC2)cn1. The molecule has 0 radical (unpaired) electrons. The van der Waals surface area contributed by atoms with E-state index in [9.17, 15) is 0 Å². The van der Waals surface area contributed by atoms with Crippen LogP contribution in [0.3, 0.4) is 0 Å². The third-order valence-electron chi connectivity index (χ3n) is 5.67. The smallest absolute Gasteiger partial charge is 0.226 e. The molecule has 162 valence electrons. The summed E-state index contributed by atoms with van der Waals surface area (Å²) in [6.45, 7) is 7.60. The van der Waals surface area contributed by atoms with E-state index in [1.54, 1.807) is 6.20 Å². The number of ether oxygens (including phenoxy) is 3. The van der Waals surface area contributed by atoms with Crippen LogP contribution in [-0.4, -0.2) is 46.4 Å². The van der Waals surface area contributed by atoms with Gasteiger partial charge in [-0.25, -0.2) is 9.97 Å². The second-order valence-corrected chi connectivity index (χ2v) is 8.67. The minimum atomic E-state index is 0.0125. The Hall–Kier alpha value is -2.41. The molecular formula is C23H32N4O3. The molecule has 0 amide bonds. The summed E-state index contributed by atoms with van der Waals surface area (Å²) in [6, 6.07) is 4.26. The molecule has 2 aliphatic rings. The van der Waals surface area contributed by atoms with E-state index in [1.807, 2.05) is 32.2 Å².